The molecule has 3 aromatic carbocycles. The first-order valence-corrected chi connectivity index (χ1v) is 9.34. The first kappa shape index (κ1) is 15.3. The molecule has 3 nitrogen and oxygen atoms in total. The Morgan fingerprint density at radius 1 is 0.964 bits per heavy atom. The molecule has 0 unspecified atom stereocenters. The molecule has 6 rings (SSSR count). The van der Waals surface area contributed by atoms with Gasteiger partial charge < -0.3 is 13.9 Å². The molecule has 0 atom stereocenters. The van der Waals surface area contributed by atoms with E-state index >= 15 is 0 Å². The number of hydrogen-bond donors (Lipinski definition) is 1. The number of hydrogen-bond acceptors (Lipinski definition) is 2. The number of para-hydroxylation sites is 1. The molecule has 28 heavy (non-hydrogen) atoms. The van der Waals surface area contributed by atoms with E-state index in [1.165, 1.54) is 5.39 Å². The molecule has 0 fully saturated rings. The first-order chi connectivity index (χ1) is 13.7. The number of aromatic nitrogens is 1. The van der Waals surface area contributed by atoms with Crippen LogP contribution >= 0.6 is 0 Å². The van der Waals surface area contributed by atoms with E-state index in [2.05, 4.69) is 41.3 Å². The van der Waals surface area contributed by atoms with Crippen LogP contribution in [-0.2, 0) is 0 Å². The van der Waals surface area contributed by atoms with E-state index in [0.717, 1.165) is 55.0 Å². The Hall–Kier alpha value is -3.72. The van der Waals surface area contributed by atoms with Gasteiger partial charge in [-0.25, -0.2) is 0 Å². The monoisotopic (exact) mass is 363 g/mol. The molecule has 134 valence electrons. The van der Waals surface area contributed by atoms with Gasteiger partial charge in [-0.05, 0) is 43.3 Å². The van der Waals surface area contributed by atoms with Gasteiger partial charge in [0.2, 0.25) is 0 Å². The Balaban J connectivity index is 2.02. The molecule has 0 bridgehead atoms. The van der Waals surface area contributed by atoms with Gasteiger partial charge in [0.25, 0.3) is 0 Å². The molecule has 1 N–H and O–H groups in total. The molecular formula is C25H17NO2. The number of phenols is 1. The van der Waals surface area contributed by atoms with Crippen molar-refractivity contribution < 1.29 is 9.52 Å². The summed E-state index contributed by atoms with van der Waals surface area (Å²) in [6, 6.07) is 16.2. The van der Waals surface area contributed by atoms with Crippen LogP contribution in [0.15, 0.2) is 65.6 Å². The van der Waals surface area contributed by atoms with Gasteiger partial charge in [-0.2, -0.15) is 0 Å². The summed E-state index contributed by atoms with van der Waals surface area (Å²) in [6.07, 6.45) is 5.82. The highest BCUT2D eigenvalue weighted by atomic mass is 16.3. The number of rotatable bonds is 2. The minimum Gasteiger partial charge on any atom is -0.508 e. The van der Waals surface area contributed by atoms with Gasteiger partial charge in [0.15, 0.2) is 0 Å². The summed E-state index contributed by atoms with van der Waals surface area (Å²) in [5.41, 5.74) is 5.23. The summed E-state index contributed by atoms with van der Waals surface area (Å²) in [5.74, 6) is 1.09. The summed E-state index contributed by atoms with van der Waals surface area (Å²) < 4.78 is 8.63. The lowest BCUT2D eigenvalue weighted by Crippen LogP contribution is -1.79. The Bertz CT molecular complexity index is 1590. The van der Waals surface area contributed by atoms with Crippen molar-refractivity contribution in [3.63, 3.8) is 0 Å². The van der Waals surface area contributed by atoms with E-state index < -0.39 is 0 Å². The predicted octanol–water partition coefficient (Wildman–Crippen LogP) is 6.96. The molecule has 0 aliphatic rings. The third-order valence-corrected chi connectivity index (χ3v) is 5.69. The van der Waals surface area contributed by atoms with Crippen LogP contribution in [0.5, 0.6) is 5.75 Å². The standard InChI is InChI=1S/C25H17NO2/c1-3-7-22-15(4-2)19-13-18-17-12-14(27)10-11-21(17)26-20-9-6-5-8-16(20)23(24(18)26)25(19)28-22/h3-13,27H,2H2,1H3/b7-3-. The number of aromatic hydroxyl groups is 1. The van der Waals surface area contributed by atoms with Crippen molar-refractivity contribution in [2.75, 3.05) is 0 Å². The number of furan rings is 1. The molecule has 0 saturated heterocycles. The Morgan fingerprint density at radius 2 is 1.79 bits per heavy atom. The topological polar surface area (TPSA) is 37.8 Å². The maximum Gasteiger partial charge on any atom is 0.145 e. The Morgan fingerprint density at radius 3 is 2.61 bits per heavy atom. The van der Waals surface area contributed by atoms with Crippen molar-refractivity contribution in [2.45, 2.75) is 6.92 Å². The average Bonchev–Trinajstić information content (AvgIpc) is 3.33. The number of phenolic OH excluding ortho intramolecular Hbond substituents is 1. The van der Waals surface area contributed by atoms with Crippen molar-refractivity contribution in [3.05, 3.63) is 72.5 Å². The molecular weight excluding hydrogens is 346 g/mol. The number of allylic oxidation sites excluding steroid dienone is 1. The summed E-state index contributed by atoms with van der Waals surface area (Å²) in [7, 11) is 0. The fourth-order valence-electron chi connectivity index (χ4n) is 4.62. The highest BCUT2D eigenvalue weighted by molar-refractivity contribution is 6.31. The van der Waals surface area contributed by atoms with Gasteiger partial charge in [-0.15, -0.1) is 0 Å². The Kier molecular flexibility index (Phi) is 2.83. The normalized spacial score (nSPS) is 12.6. The third-order valence-electron chi connectivity index (χ3n) is 5.69. The van der Waals surface area contributed by atoms with Crippen LogP contribution < -0.4 is 0 Å². The average molecular weight is 363 g/mol. The van der Waals surface area contributed by atoms with Gasteiger partial charge in [0.1, 0.15) is 17.1 Å². The van der Waals surface area contributed by atoms with Crippen molar-refractivity contribution in [2.24, 2.45) is 0 Å². The smallest absolute Gasteiger partial charge is 0.145 e. The van der Waals surface area contributed by atoms with E-state index in [0.29, 0.717) is 0 Å². The molecule has 0 aliphatic heterocycles. The number of nitrogens with zero attached hydrogens (tertiary/aromatic N) is 1. The van der Waals surface area contributed by atoms with Gasteiger partial charge in [-0.3, -0.25) is 0 Å². The second-order valence-corrected chi connectivity index (χ2v) is 7.16. The van der Waals surface area contributed by atoms with Crippen molar-refractivity contribution >= 4 is 61.2 Å². The largest absolute Gasteiger partial charge is 0.508 e. The highest BCUT2D eigenvalue weighted by Gasteiger charge is 2.23. The van der Waals surface area contributed by atoms with Gasteiger partial charge in [-0.1, -0.05) is 36.9 Å². The fraction of sp³-hybridized carbons (Fsp3) is 0.0400. The molecule has 0 saturated carbocycles. The van der Waals surface area contributed by atoms with E-state index in [1.54, 1.807) is 6.07 Å². The molecule has 0 radical (unpaired) electrons. The van der Waals surface area contributed by atoms with E-state index in [9.17, 15) is 5.11 Å². The van der Waals surface area contributed by atoms with E-state index in [-0.39, 0.29) is 5.75 Å². The second kappa shape index (κ2) is 5.17. The van der Waals surface area contributed by atoms with Gasteiger partial charge in [0, 0.05) is 27.1 Å². The minimum absolute atomic E-state index is 0.271. The molecule has 3 aromatic heterocycles. The van der Waals surface area contributed by atoms with Crippen LogP contribution in [0.2, 0.25) is 0 Å². The maximum atomic E-state index is 10.1. The van der Waals surface area contributed by atoms with Crippen LogP contribution in [-0.4, -0.2) is 9.51 Å². The molecule has 6 aromatic rings. The lowest BCUT2D eigenvalue weighted by atomic mass is 10.0. The quantitative estimate of drug-likeness (QED) is 0.361. The van der Waals surface area contributed by atoms with Crippen LogP contribution in [0.25, 0.3) is 61.2 Å². The SMILES string of the molecule is C=Cc1c(/C=C\C)oc2c1cc1c3cc(O)ccc3n3c4ccccc4c2c13. The summed E-state index contributed by atoms with van der Waals surface area (Å²) in [4.78, 5) is 0. The summed E-state index contributed by atoms with van der Waals surface area (Å²) in [6.45, 7) is 6.00. The second-order valence-electron chi connectivity index (χ2n) is 7.16. The van der Waals surface area contributed by atoms with Crippen LogP contribution in [0.1, 0.15) is 18.2 Å². The van der Waals surface area contributed by atoms with Crippen LogP contribution in [0.3, 0.4) is 0 Å². The van der Waals surface area contributed by atoms with Crippen molar-refractivity contribution in [1.29, 1.82) is 0 Å². The third kappa shape index (κ3) is 1.69. The Labute approximate surface area is 160 Å². The van der Waals surface area contributed by atoms with E-state index in [1.807, 2.05) is 37.3 Å². The zero-order valence-corrected chi connectivity index (χ0v) is 15.4. The lowest BCUT2D eigenvalue weighted by Gasteiger charge is -1.99. The van der Waals surface area contributed by atoms with Crippen molar-refractivity contribution in [3.8, 4) is 5.75 Å². The molecule has 0 amide bonds. The maximum absolute atomic E-state index is 10.1. The summed E-state index contributed by atoms with van der Waals surface area (Å²) in [5, 5.41) is 15.6. The van der Waals surface area contributed by atoms with Crippen LogP contribution in [0.4, 0.5) is 0 Å². The fourth-order valence-corrected chi connectivity index (χ4v) is 4.62. The minimum atomic E-state index is 0.271. The zero-order chi connectivity index (χ0) is 19.0. The lowest BCUT2D eigenvalue weighted by molar-refractivity contribution is 0.476. The zero-order valence-electron chi connectivity index (χ0n) is 15.4. The van der Waals surface area contributed by atoms with E-state index in [4.69, 9.17) is 4.42 Å². The molecule has 3 heterocycles. The van der Waals surface area contributed by atoms with Crippen LogP contribution in [0, 0.1) is 0 Å². The highest BCUT2D eigenvalue weighted by Crippen LogP contribution is 2.45. The van der Waals surface area contributed by atoms with Gasteiger partial charge >= 0.3 is 0 Å². The first-order valence-electron chi connectivity index (χ1n) is 9.34. The van der Waals surface area contributed by atoms with Crippen molar-refractivity contribution in [1.82, 2.24) is 4.40 Å². The number of fused-ring (bicyclic) bond motifs is 8. The molecule has 3 heteroatoms. The molecule has 0 spiro atoms. The molecule has 0 aliphatic carbocycles. The summed E-state index contributed by atoms with van der Waals surface area (Å²) >= 11 is 0. The predicted molar refractivity (Wildman–Crippen MR) is 117 cm³/mol. The van der Waals surface area contributed by atoms with Gasteiger partial charge in [0.05, 0.1) is 21.9 Å². The number of benzene rings is 3.